The van der Waals surface area contributed by atoms with Gasteiger partial charge in [0.15, 0.2) is 0 Å². The van der Waals surface area contributed by atoms with Crippen LogP contribution in [0.15, 0.2) is 0 Å². The third kappa shape index (κ3) is 75.2. The first-order valence-corrected chi connectivity index (χ1v) is 2.90. The molecule has 0 spiro atoms. The van der Waals surface area contributed by atoms with Crippen molar-refractivity contribution >= 4 is 16.2 Å². The van der Waals surface area contributed by atoms with Crippen LogP contribution in [0.1, 0.15) is 0 Å². The first kappa shape index (κ1) is 15.7. The molecule has 0 bridgehead atoms. The molecule has 0 radical (unpaired) electrons. The first-order chi connectivity index (χ1) is 3.00. The Morgan fingerprint density at radius 2 is 1.17 bits per heavy atom. The minimum atomic E-state index is 0.125. The molecule has 6 heteroatoms. The van der Waals surface area contributed by atoms with Crippen LogP contribution < -0.4 is 0 Å². The average molecular weight is 200 g/mol. The van der Waals surface area contributed by atoms with Gasteiger partial charge >= 0.3 is 61.1 Å². The second-order valence-corrected chi connectivity index (χ2v) is 0. The van der Waals surface area contributed by atoms with Crippen LogP contribution in [-0.4, -0.2) is 16.2 Å². The van der Waals surface area contributed by atoms with E-state index in [-0.39, 0.29) is 18.3 Å². The number of hydrogen-bond acceptors (Lipinski definition) is 3. The normalized spacial score (nSPS) is 2.50. The Hall–Kier alpha value is 1.05. The molecule has 0 saturated heterocycles. The van der Waals surface area contributed by atoms with Crippen LogP contribution >= 0.6 is 0 Å². The van der Waals surface area contributed by atoms with Crippen LogP contribution in [0.3, 0.4) is 0 Å². The fourth-order valence-corrected chi connectivity index (χ4v) is 0. The van der Waals surface area contributed by atoms with Crippen molar-refractivity contribution in [3.8, 4) is 0 Å². The van der Waals surface area contributed by atoms with Gasteiger partial charge in [-0.25, -0.2) is 0 Å². The predicted molar refractivity (Wildman–Crippen MR) is 9.21 cm³/mol. The molecule has 0 N–H and O–H groups in total. The molecule has 34 valence electrons. The molecule has 6 heavy (non-hydrogen) atoms. The van der Waals surface area contributed by atoms with E-state index in [1.54, 1.807) is 0 Å². The molecule has 0 aromatic carbocycles. The Morgan fingerprint density at radius 3 is 1.17 bits per heavy atom. The van der Waals surface area contributed by atoms with E-state index in [0.29, 0.717) is 16.2 Å². The zero-order chi connectivity index (χ0) is 6.00. The molecule has 0 aromatic rings. The van der Waals surface area contributed by atoms with E-state index in [1.807, 2.05) is 0 Å². The van der Waals surface area contributed by atoms with Gasteiger partial charge < -0.3 is 0 Å². The van der Waals surface area contributed by atoms with E-state index in [2.05, 4.69) is 15.4 Å². The molecule has 0 aliphatic carbocycles. The number of rotatable bonds is 0. The number of hydrogen-bond donors (Lipinski definition) is 0. The van der Waals surface area contributed by atoms with E-state index >= 15 is 0 Å². The van der Waals surface area contributed by atoms with Gasteiger partial charge in [-0.05, 0) is 0 Å². The summed E-state index contributed by atoms with van der Waals surface area (Å²) in [6.45, 7) is 0. The molecule has 0 fully saturated rings. The summed E-state index contributed by atoms with van der Waals surface area (Å²) in [5.74, 6) is 0. The van der Waals surface area contributed by atoms with Gasteiger partial charge in [-0.15, -0.1) is 0 Å². The molecule has 3 nitrogen and oxygen atoms in total. The fourth-order valence-electron chi connectivity index (χ4n) is 0. The van der Waals surface area contributed by atoms with E-state index in [4.69, 9.17) is 11.3 Å². The van der Waals surface area contributed by atoms with Gasteiger partial charge in [-0.3, -0.25) is 0 Å². The van der Waals surface area contributed by atoms with Crippen molar-refractivity contribution in [2.45, 2.75) is 0 Å². The second-order valence-electron chi connectivity index (χ2n) is 0. The molecule has 0 aromatic heterocycles. The predicted octanol–water partition coefficient (Wildman–Crippen LogP) is -1.01. The average Bonchev–Trinajstić information content (AvgIpc) is 1.81. The third-order valence-corrected chi connectivity index (χ3v) is 0. The summed E-state index contributed by atoms with van der Waals surface area (Å²) >= 11 is 3.36. The van der Waals surface area contributed by atoms with Crippen LogP contribution in [0.5, 0.6) is 0 Å². The molecule has 0 amide bonds. The molecule has 0 rings (SSSR count). The topological polar surface area (TPSA) is 51.2 Å². The first-order valence-electron chi connectivity index (χ1n) is 0.706. The molecule has 0 atom stereocenters. The van der Waals surface area contributed by atoms with Crippen LogP contribution in [0, 0.1) is 0 Å². The molecular formula is HAlNiO3Zn. The Balaban J connectivity index is -0.0000000225. The van der Waals surface area contributed by atoms with Crippen molar-refractivity contribution in [3.05, 3.63) is 0 Å². The van der Waals surface area contributed by atoms with Gasteiger partial charge in [0.25, 0.3) is 0 Å². The summed E-state index contributed by atoms with van der Waals surface area (Å²) in [6, 6.07) is 0. The fraction of sp³-hybridized carbons (Fsp3) is 0. The molecule has 0 unspecified atom stereocenters. The van der Waals surface area contributed by atoms with Crippen LogP contribution in [0.25, 0.3) is 0 Å². The van der Waals surface area contributed by atoms with Crippen molar-refractivity contribution in [2.75, 3.05) is 0 Å². The van der Waals surface area contributed by atoms with E-state index in [9.17, 15) is 0 Å². The standard InChI is InChI=1S/Al.Ni.3O.Zn.H. The van der Waals surface area contributed by atoms with Gasteiger partial charge in [-0.1, -0.05) is 0 Å². The Labute approximate surface area is 61.0 Å². The van der Waals surface area contributed by atoms with Gasteiger partial charge in [0, 0.05) is 0 Å². The van der Waals surface area contributed by atoms with Crippen LogP contribution in [0.2, 0.25) is 0 Å². The summed E-state index contributed by atoms with van der Waals surface area (Å²) in [5.41, 5.74) is 0. The molecule has 0 saturated carbocycles. The van der Waals surface area contributed by atoms with Gasteiger partial charge in [-0.2, -0.15) is 0 Å². The Kier molecular flexibility index (Phi) is 367. The zero-order valence-electron chi connectivity index (χ0n) is 2.96. The van der Waals surface area contributed by atoms with E-state index in [0.717, 1.165) is 0 Å². The van der Waals surface area contributed by atoms with Gasteiger partial charge in [0.05, 0.1) is 0 Å². The van der Waals surface area contributed by atoms with Crippen molar-refractivity contribution in [2.24, 2.45) is 0 Å². The summed E-state index contributed by atoms with van der Waals surface area (Å²) in [6.07, 6.45) is 0. The quantitative estimate of drug-likeness (QED) is 0.471. The summed E-state index contributed by atoms with van der Waals surface area (Å²) in [7, 11) is 0. The third-order valence-electron chi connectivity index (χ3n) is 0. The van der Waals surface area contributed by atoms with Crippen LogP contribution in [0.4, 0.5) is 0 Å². The van der Waals surface area contributed by atoms with Crippen molar-refractivity contribution in [1.29, 1.82) is 0 Å². The Morgan fingerprint density at radius 1 is 1.17 bits per heavy atom. The van der Waals surface area contributed by atoms with Crippen LogP contribution in [-0.2, 0) is 44.9 Å². The van der Waals surface area contributed by atoms with Crippen molar-refractivity contribution in [3.63, 3.8) is 0 Å². The molecule has 0 heterocycles. The molecular weight excluding hydrogens is 199 g/mol. The van der Waals surface area contributed by atoms with E-state index in [1.165, 1.54) is 0 Å². The van der Waals surface area contributed by atoms with Gasteiger partial charge in [0.2, 0.25) is 0 Å². The minimum absolute atomic E-state index is 0.125. The maximum atomic E-state index is 8.38. The summed E-state index contributed by atoms with van der Waals surface area (Å²) < 4.78 is 24.5. The van der Waals surface area contributed by atoms with Crippen molar-refractivity contribution in [1.82, 2.24) is 0 Å². The molecule has 0 aliphatic heterocycles. The Bertz CT molecular complexity index is 15.5. The van der Waals surface area contributed by atoms with Gasteiger partial charge in [0.1, 0.15) is 0 Å². The summed E-state index contributed by atoms with van der Waals surface area (Å²) in [4.78, 5) is 0. The zero-order valence-corrected chi connectivity index (χ0v) is 8.32. The molecule has 0 aliphatic rings. The monoisotopic (exact) mass is 198 g/mol. The second kappa shape index (κ2) is 140. The summed E-state index contributed by atoms with van der Waals surface area (Å²) in [5, 5.41) is 0. The maximum absolute atomic E-state index is 8.38. The SMILES string of the molecule is [O]=[AlH].[O]=[Ni].[O]=[Zn]. The van der Waals surface area contributed by atoms with Crippen molar-refractivity contribution < 1.29 is 44.9 Å². The van der Waals surface area contributed by atoms with E-state index < -0.39 is 0 Å².